The van der Waals surface area contributed by atoms with Crippen LogP contribution in [0, 0.1) is 17.0 Å². The number of aryl methyl sites for hydroxylation is 1. The van der Waals surface area contributed by atoms with Crippen LogP contribution in [0.3, 0.4) is 0 Å². The molecule has 0 unspecified atom stereocenters. The number of nitro benzene ring substituents is 1. The number of halogens is 1. The molecule has 0 saturated carbocycles. The number of hydrogen-bond acceptors (Lipinski definition) is 5. The summed E-state index contributed by atoms with van der Waals surface area (Å²) in [6.45, 7) is 1.79. The standard InChI is InChI=1S/C9H6ClN3O2S/c1-5-3-2-4-6(13(14)15)7(5)8-11-12-9(10)16-8/h2-4H,1H3. The average Bonchev–Trinajstić information content (AvgIpc) is 2.64. The third-order valence-corrected chi connectivity index (χ3v) is 3.10. The van der Waals surface area contributed by atoms with E-state index < -0.39 is 4.92 Å². The highest BCUT2D eigenvalue weighted by atomic mass is 35.5. The van der Waals surface area contributed by atoms with Crippen LogP contribution in [0.5, 0.6) is 0 Å². The van der Waals surface area contributed by atoms with Crippen molar-refractivity contribution in [3.8, 4) is 10.6 Å². The minimum atomic E-state index is -0.433. The van der Waals surface area contributed by atoms with Crippen molar-refractivity contribution in [3.05, 3.63) is 38.3 Å². The van der Waals surface area contributed by atoms with Crippen LogP contribution in [0.15, 0.2) is 18.2 Å². The molecule has 2 rings (SSSR count). The minimum absolute atomic E-state index is 0.0211. The summed E-state index contributed by atoms with van der Waals surface area (Å²) in [6.07, 6.45) is 0. The maximum atomic E-state index is 10.9. The smallest absolute Gasteiger partial charge is 0.258 e. The number of aromatic nitrogens is 2. The summed E-state index contributed by atoms with van der Waals surface area (Å²) in [5.41, 5.74) is 1.28. The summed E-state index contributed by atoms with van der Waals surface area (Å²) in [4.78, 5) is 10.5. The fourth-order valence-corrected chi connectivity index (χ4v) is 2.34. The van der Waals surface area contributed by atoms with Gasteiger partial charge in [-0.15, -0.1) is 10.2 Å². The molecule has 0 aliphatic rings. The Morgan fingerprint density at radius 2 is 2.19 bits per heavy atom. The van der Waals surface area contributed by atoms with Crippen molar-refractivity contribution >= 4 is 28.6 Å². The molecule has 16 heavy (non-hydrogen) atoms. The molecule has 0 fully saturated rings. The monoisotopic (exact) mass is 255 g/mol. The molecule has 2 aromatic rings. The van der Waals surface area contributed by atoms with Gasteiger partial charge in [-0.1, -0.05) is 23.5 Å². The van der Waals surface area contributed by atoms with Crippen LogP contribution in [0.2, 0.25) is 4.47 Å². The third-order valence-electron chi connectivity index (χ3n) is 2.06. The van der Waals surface area contributed by atoms with Gasteiger partial charge >= 0.3 is 0 Å². The van der Waals surface area contributed by atoms with Gasteiger partial charge in [0.1, 0.15) is 0 Å². The highest BCUT2D eigenvalue weighted by molar-refractivity contribution is 7.18. The first-order chi connectivity index (χ1) is 7.59. The molecule has 82 valence electrons. The van der Waals surface area contributed by atoms with E-state index in [4.69, 9.17) is 11.6 Å². The Balaban J connectivity index is 2.67. The summed E-state index contributed by atoms with van der Waals surface area (Å²) >= 11 is 6.79. The maximum absolute atomic E-state index is 10.9. The number of nitro groups is 1. The van der Waals surface area contributed by atoms with E-state index >= 15 is 0 Å². The second kappa shape index (κ2) is 4.15. The molecule has 0 saturated heterocycles. The summed E-state index contributed by atoms with van der Waals surface area (Å²) in [5, 5.41) is 18.8. The molecule has 0 N–H and O–H groups in total. The normalized spacial score (nSPS) is 10.4. The Morgan fingerprint density at radius 1 is 1.44 bits per heavy atom. The number of benzene rings is 1. The van der Waals surface area contributed by atoms with E-state index in [-0.39, 0.29) is 10.2 Å². The van der Waals surface area contributed by atoms with Crippen LogP contribution in [-0.2, 0) is 0 Å². The van der Waals surface area contributed by atoms with Gasteiger partial charge in [0, 0.05) is 6.07 Å². The van der Waals surface area contributed by atoms with Crippen molar-refractivity contribution in [3.63, 3.8) is 0 Å². The molecule has 0 radical (unpaired) electrons. The predicted molar refractivity (Wildman–Crippen MR) is 61.7 cm³/mol. The Hall–Kier alpha value is -1.53. The van der Waals surface area contributed by atoms with Gasteiger partial charge in [0.25, 0.3) is 5.69 Å². The highest BCUT2D eigenvalue weighted by Gasteiger charge is 2.20. The van der Waals surface area contributed by atoms with E-state index in [1.165, 1.54) is 6.07 Å². The zero-order valence-electron chi connectivity index (χ0n) is 8.18. The van der Waals surface area contributed by atoms with Gasteiger partial charge in [0.05, 0.1) is 10.5 Å². The minimum Gasteiger partial charge on any atom is -0.258 e. The molecule has 1 aromatic carbocycles. The first-order valence-corrected chi connectivity index (χ1v) is 5.52. The molecule has 0 spiro atoms. The topological polar surface area (TPSA) is 68.9 Å². The summed E-state index contributed by atoms with van der Waals surface area (Å²) in [7, 11) is 0. The molecule has 0 bridgehead atoms. The molecule has 0 aliphatic carbocycles. The van der Waals surface area contributed by atoms with Crippen LogP contribution in [0.25, 0.3) is 10.6 Å². The summed E-state index contributed by atoms with van der Waals surface area (Å²) in [5.74, 6) is 0. The van der Waals surface area contributed by atoms with Gasteiger partial charge in [0.15, 0.2) is 5.01 Å². The first kappa shape index (κ1) is 11.0. The van der Waals surface area contributed by atoms with Gasteiger partial charge in [-0.05, 0) is 24.1 Å². The number of nitrogens with zero attached hydrogens (tertiary/aromatic N) is 3. The zero-order chi connectivity index (χ0) is 11.7. The Bertz CT molecular complexity index is 555. The van der Waals surface area contributed by atoms with Gasteiger partial charge < -0.3 is 0 Å². The number of hydrogen-bond donors (Lipinski definition) is 0. The van der Waals surface area contributed by atoms with E-state index in [0.29, 0.717) is 10.6 Å². The fraction of sp³-hybridized carbons (Fsp3) is 0.111. The summed E-state index contributed by atoms with van der Waals surface area (Å²) in [6, 6.07) is 4.87. The quantitative estimate of drug-likeness (QED) is 0.611. The van der Waals surface area contributed by atoms with Gasteiger partial charge in [-0.25, -0.2) is 0 Å². The van der Waals surface area contributed by atoms with E-state index in [1.54, 1.807) is 19.1 Å². The Morgan fingerprint density at radius 3 is 2.75 bits per heavy atom. The summed E-state index contributed by atoms with van der Waals surface area (Å²) < 4.78 is 0.271. The molecule has 0 amide bonds. The van der Waals surface area contributed by atoms with Crippen LogP contribution >= 0.6 is 22.9 Å². The molecular formula is C9H6ClN3O2S. The average molecular weight is 256 g/mol. The van der Waals surface area contributed by atoms with Crippen LogP contribution in [0.4, 0.5) is 5.69 Å². The van der Waals surface area contributed by atoms with Crippen LogP contribution < -0.4 is 0 Å². The molecule has 7 heteroatoms. The lowest BCUT2D eigenvalue weighted by Crippen LogP contribution is -1.93. The van der Waals surface area contributed by atoms with Gasteiger partial charge in [0.2, 0.25) is 4.47 Å². The molecule has 1 aromatic heterocycles. The SMILES string of the molecule is Cc1cccc([N+](=O)[O-])c1-c1nnc(Cl)s1. The highest BCUT2D eigenvalue weighted by Crippen LogP contribution is 2.35. The molecule has 0 aliphatic heterocycles. The van der Waals surface area contributed by atoms with E-state index in [1.807, 2.05) is 0 Å². The second-order valence-electron chi connectivity index (χ2n) is 3.09. The molecule has 5 nitrogen and oxygen atoms in total. The van der Waals surface area contributed by atoms with Crippen molar-refractivity contribution in [2.45, 2.75) is 6.92 Å². The lowest BCUT2D eigenvalue weighted by atomic mass is 10.1. The fourth-order valence-electron chi connectivity index (χ4n) is 1.39. The first-order valence-electron chi connectivity index (χ1n) is 4.33. The van der Waals surface area contributed by atoms with Gasteiger partial charge in [-0.2, -0.15) is 0 Å². The number of rotatable bonds is 2. The van der Waals surface area contributed by atoms with Crippen molar-refractivity contribution in [2.24, 2.45) is 0 Å². The Labute approximate surface area is 99.9 Å². The maximum Gasteiger partial charge on any atom is 0.279 e. The van der Waals surface area contributed by atoms with Crippen molar-refractivity contribution < 1.29 is 4.92 Å². The predicted octanol–water partition coefficient (Wildman–Crippen LogP) is 3.08. The molecule has 0 atom stereocenters. The van der Waals surface area contributed by atoms with Crippen LogP contribution in [-0.4, -0.2) is 15.1 Å². The molecular weight excluding hydrogens is 250 g/mol. The zero-order valence-corrected chi connectivity index (χ0v) is 9.75. The van der Waals surface area contributed by atoms with Crippen molar-refractivity contribution in [1.82, 2.24) is 10.2 Å². The van der Waals surface area contributed by atoms with Gasteiger partial charge in [-0.3, -0.25) is 10.1 Å². The van der Waals surface area contributed by atoms with Crippen LogP contribution in [0.1, 0.15) is 5.56 Å². The largest absolute Gasteiger partial charge is 0.279 e. The second-order valence-corrected chi connectivity index (χ2v) is 4.65. The van der Waals surface area contributed by atoms with E-state index in [9.17, 15) is 10.1 Å². The van der Waals surface area contributed by atoms with E-state index in [0.717, 1.165) is 16.9 Å². The Kier molecular flexibility index (Phi) is 2.84. The van der Waals surface area contributed by atoms with Crippen molar-refractivity contribution in [2.75, 3.05) is 0 Å². The third kappa shape index (κ3) is 1.89. The lowest BCUT2D eigenvalue weighted by Gasteiger charge is -2.01. The molecule has 1 heterocycles. The lowest BCUT2D eigenvalue weighted by molar-refractivity contribution is -0.384. The van der Waals surface area contributed by atoms with Crippen molar-refractivity contribution in [1.29, 1.82) is 0 Å². The van der Waals surface area contributed by atoms with E-state index in [2.05, 4.69) is 10.2 Å².